The van der Waals surface area contributed by atoms with E-state index in [2.05, 4.69) is 53.7 Å². The molecular weight excluding hydrogens is 544 g/mol. The molecular formula is C36H42O5S. The third-order valence-corrected chi connectivity index (χ3v) is 7.73. The summed E-state index contributed by atoms with van der Waals surface area (Å²) in [5, 5.41) is 0. The van der Waals surface area contributed by atoms with Crippen LogP contribution < -0.4 is 9.47 Å². The van der Waals surface area contributed by atoms with Crippen molar-refractivity contribution in [2.45, 2.75) is 78.8 Å². The monoisotopic (exact) mass is 586 g/mol. The smallest absolute Gasteiger partial charge is 0.311 e. The van der Waals surface area contributed by atoms with Gasteiger partial charge in [0.05, 0.1) is 0 Å². The Morgan fingerprint density at radius 3 is 1.24 bits per heavy atom. The van der Waals surface area contributed by atoms with Gasteiger partial charge in [-0.15, -0.1) is 0 Å². The van der Waals surface area contributed by atoms with E-state index in [9.17, 15) is 4.21 Å². The molecule has 0 aliphatic rings. The summed E-state index contributed by atoms with van der Waals surface area (Å²) in [6, 6.07) is 32.3. The summed E-state index contributed by atoms with van der Waals surface area (Å²) < 4.78 is 36.2. The van der Waals surface area contributed by atoms with Crippen LogP contribution in [0.15, 0.2) is 97.1 Å². The van der Waals surface area contributed by atoms with E-state index in [-0.39, 0.29) is 10.8 Å². The topological polar surface area (TPSA) is 54.0 Å². The van der Waals surface area contributed by atoms with Gasteiger partial charge in [0.2, 0.25) is 12.6 Å². The number of hydrogen-bond acceptors (Lipinski definition) is 5. The fourth-order valence-corrected chi connectivity index (χ4v) is 5.09. The Balaban J connectivity index is 1.45. The lowest BCUT2D eigenvalue weighted by Crippen LogP contribution is -2.24. The molecule has 0 saturated heterocycles. The lowest BCUT2D eigenvalue weighted by Gasteiger charge is -2.24. The van der Waals surface area contributed by atoms with E-state index < -0.39 is 23.9 Å². The quantitative estimate of drug-likeness (QED) is 0.173. The van der Waals surface area contributed by atoms with E-state index >= 15 is 0 Å². The van der Waals surface area contributed by atoms with Crippen molar-refractivity contribution in [2.24, 2.45) is 0 Å². The Morgan fingerprint density at radius 2 is 0.905 bits per heavy atom. The average Bonchev–Trinajstić information content (AvgIpc) is 2.93. The Labute approximate surface area is 253 Å². The molecule has 5 nitrogen and oxygen atoms in total. The minimum atomic E-state index is -2.12. The van der Waals surface area contributed by atoms with Crippen molar-refractivity contribution < 1.29 is 22.0 Å². The molecule has 4 aromatic carbocycles. The van der Waals surface area contributed by atoms with Crippen LogP contribution >= 0.6 is 0 Å². The molecule has 0 fully saturated rings. The van der Waals surface area contributed by atoms with Gasteiger partial charge in [-0.2, -0.15) is 4.21 Å². The largest absolute Gasteiger partial charge is 0.463 e. The third-order valence-electron chi connectivity index (χ3n) is 6.87. The van der Waals surface area contributed by atoms with Crippen LogP contribution in [0.1, 0.15) is 66.5 Å². The minimum absolute atomic E-state index is 0.0247. The summed E-state index contributed by atoms with van der Waals surface area (Å²) in [4.78, 5) is 0. The second-order valence-corrected chi connectivity index (χ2v) is 13.2. The van der Waals surface area contributed by atoms with E-state index in [0.717, 1.165) is 22.3 Å². The Kier molecular flexibility index (Phi) is 9.93. The molecule has 0 heterocycles. The van der Waals surface area contributed by atoms with Gasteiger partial charge in [0.25, 0.3) is 0 Å². The lowest BCUT2D eigenvalue weighted by atomic mass is 9.85. The number of rotatable bonds is 10. The molecule has 0 amide bonds. The third kappa shape index (κ3) is 8.31. The zero-order valence-corrected chi connectivity index (χ0v) is 26.7. The summed E-state index contributed by atoms with van der Waals surface area (Å²) >= 11 is -2.12. The van der Waals surface area contributed by atoms with Crippen molar-refractivity contribution in [3.63, 3.8) is 0 Å². The zero-order valence-electron chi connectivity index (χ0n) is 25.8. The molecule has 0 aliphatic heterocycles. The van der Waals surface area contributed by atoms with Crippen LogP contribution in [0, 0.1) is 0 Å². The summed E-state index contributed by atoms with van der Waals surface area (Å²) in [7, 11) is 0. The van der Waals surface area contributed by atoms with Gasteiger partial charge >= 0.3 is 11.4 Å². The average molecular weight is 587 g/mol. The van der Waals surface area contributed by atoms with Crippen LogP contribution in [0.3, 0.4) is 0 Å². The van der Waals surface area contributed by atoms with Crippen LogP contribution in [0.5, 0.6) is 11.5 Å². The first-order valence-corrected chi connectivity index (χ1v) is 15.3. The maximum atomic E-state index is 12.8. The lowest BCUT2D eigenvalue weighted by molar-refractivity contribution is -0.0124. The molecule has 0 saturated carbocycles. The summed E-state index contributed by atoms with van der Waals surface area (Å²) in [6.07, 6.45) is -1.68. The van der Waals surface area contributed by atoms with E-state index in [1.807, 2.05) is 84.9 Å². The fourth-order valence-electron chi connectivity index (χ4n) is 4.53. The molecule has 0 aliphatic carbocycles. The summed E-state index contributed by atoms with van der Waals surface area (Å²) in [5.41, 5.74) is 6.25. The highest BCUT2D eigenvalue weighted by atomic mass is 32.2. The molecule has 6 heteroatoms. The van der Waals surface area contributed by atoms with Crippen LogP contribution in [-0.2, 0) is 30.6 Å². The first kappa shape index (κ1) is 31.5. The highest BCUT2D eigenvalue weighted by Crippen LogP contribution is 2.37. The molecule has 0 radical (unpaired) electrons. The summed E-state index contributed by atoms with van der Waals surface area (Å²) in [5.74, 6) is 1.27. The van der Waals surface area contributed by atoms with E-state index in [0.29, 0.717) is 11.5 Å². The molecule has 4 aromatic rings. The molecule has 2 unspecified atom stereocenters. The van der Waals surface area contributed by atoms with Gasteiger partial charge in [-0.25, -0.2) is 8.37 Å². The molecule has 0 bridgehead atoms. The van der Waals surface area contributed by atoms with Crippen molar-refractivity contribution in [2.75, 3.05) is 0 Å². The van der Waals surface area contributed by atoms with Crippen molar-refractivity contribution >= 4 is 11.4 Å². The van der Waals surface area contributed by atoms with Gasteiger partial charge in [-0.3, -0.25) is 0 Å². The van der Waals surface area contributed by atoms with Crippen LogP contribution in [0.25, 0.3) is 22.3 Å². The molecule has 0 spiro atoms. The molecule has 2 atom stereocenters. The van der Waals surface area contributed by atoms with Gasteiger partial charge < -0.3 is 9.47 Å². The fraction of sp³-hybridized carbons (Fsp3) is 0.333. The van der Waals surface area contributed by atoms with Gasteiger partial charge in [-0.1, -0.05) is 114 Å². The number of ether oxygens (including phenoxy) is 2. The van der Waals surface area contributed by atoms with Crippen molar-refractivity contribution in [1.29, 1.82) is 0 Å². The highest BCUT2D eigenvalue weighted by Gasteiger charge is 2.22. The predicted octanol–water partition coefficient (Wildman–Crippen LogP) is 9.38. The maximum absolute atomic E-state index is 12.8. The zero-order chi connectivity index (χ0) is 30.5. The van der Waals surface area contributed by atoms with Crippen LogP contribution in [0.2, 0.25) is 0 Å². The minimum Gasteiger partial charge on any atom is -0.463 e. The van der Waals surface area contributed by atoms with Crippen molar-refractivity contribution in [1.82, 2.24) is 0 Å². The molecule has 42 heavy (non-hydrogen) atoms. The number of hydrogen-bond donors (Lipinski definition) is 0. The first-order chi connectivity index (χ1) is 19.8. The Morgan fingerprint density at radius 1 is 0.548 bits per heavy atom. The first-order valence-electron chi connectivity index (χ1n) is 14.3. The second kappa shape index (κ2) is 13.2. The van der Waals surface area contributed by atoms with Gasteiger partial charge in [-0.05, 0) is 71.2 Å². The maximum Gasteiger partial charge on any atom is 0.311 e. The highest BCUT2D eigenvalue weighted by molar-refractivity contribution is 7.75. The molecule has 222 valence electrons. The standard InChI is InChI=1S/C36H42O5S/c1-25(38-33-21-19-29(35(3,4)5)23-31(33)27-15-11-9-12-16-27)40-42(37)41-26(2)39-34-22-20-30(36(6,7)8)24-32(34)28-17-13-10-14-18-28/h9-26H,1-8H3. The van der Waals surface area contributed by atoms with E-state index in [4.69, 9.17) is 17.8 Å². The van der Waals surface area contributed by atoms with Gasteiger partial charge in [0, 0.05) is 11.1 Å². The van der Waals surface area contributed by atoms with Crippen LogP contribution in [0.4, 0.5) is 0 Å². The van der Waals surface area contributed by atoms with Crippen LogP contribution in [-0.4, -0.2) is 16.8 Å². The molecule has 0 N–H and O–H groups in total. The number of benzene rings is 4. The molecule has 4 rings (SSSR count). The normalized spacial score (nSPS) is 14.2. The molecule has 0 aromatic heterocycles. The predicted molar refractivity (Wildman–Crippen MR) is 172 cm³/mol. The van der Waals surface area contributed by atoms with E-state index in [1.54, 1.807) is 13.8 Å². The van der Waals surface area contributed by atoms with Gasteiger partial charge in [0.1, 0.15) is 11.5 Å². The van der Waals surface area contributed by atoms with Crippen molar-refractivity contribution in [3.05, 3.63) is 108 Å². The Hall–Kier alpha value is -3.45. The SMILES string of the molecule is CC(Oc1ccc(C(C)(C)C)cc1-c1ccccc1)OS(=O)OC(C)Oc1ccc(C(C)(C)C)cc1-c1ccccc1. The van der Waals surface area contributed by atoms with Gasteiger partial charge in [0.15, 0.2) is 0 Å². The second-order valence-electron chi connectivity index (χ2n) is 12.4. The Bertz CT molecular complexity index is 1370. The van der Waals surface area contributed by atoms with Crippen molar-refractivity contribution in [3.8, 4) is 33.8 Å². The summed E-state index contributed by atoms with van der Waals surface area (Å²) in [6.45, 7) is 16.4. The van der Waals surface area contributed by atoms with E-state index in [1.165, 1.54) is 11.1 Å².